The van der Waals surface area contributed by atoms with E-state index in [1.165, 1.54) is 0 Å². The summed E-state index contributed by atoms with van der Waals surface area (Å²) in [5, 5.41) is 3.81. The standard InChI is InChI=1S/C10H17F2N5O.2ClH/c11-8(12)6-16-1-3-17(4-2-16)7-9-14-10(5-13)18-15-9;;/h8H,1-7,13H2;2*1H. The van der Waals surface area contributed by atoms with E-state index >= 15 is 0 Å². The van der Waals surface area contributed by atoms with Gasteiger partial charge in [-0.25, -0.2) is 8.78 Å². The molecule has 1 fully saturated rings. The third-order valence-corrected chi connectivity index (χ3v) is 2.91. The smallest absolute Gasteiger partial charge is 0.251 e. The van der Waals surface area contributed by atoms with Gasteiger partial charge in [-0.3, -0.25) is 9.80 Å². The summed E-state index contributed by atoms with van der Waals surface area (Å²) >= 11 is 0. The van der Waals surface area contributed by atoms with E-state index in [0.29, 0.717) is 31.3 Å². The number of hydrogen-bond donors (Lipinski definition) is 1. The van der Waals surface area contributed by atoms with Gasteiger partial charge >= 0.3 is 0 Å². The predicted molar refractivity (Wildman–Crippen MR) is 74.4 cm³/mol. The van der Waals surface area contributed by atoms with Gasteiger partial charge in [-0.05, 0) is 0 Å². The van der Waals surface area contributed by atoms with Gasteiger partial charge in [0.2, 0.25) is 5.89 Å². The Morgan fingerprint density at radius 1 is 1.15 bits per heavy atom. The van der Waals surface area contributed by atoms with Crippen LogP contribution in [0.15, 0.2) is 4.52 Å². The zero-order valence-electron chi connectivity index (χ0n) is 10.9. The fraction of sp³-hybridized carbons (Fsp3) is 0.800. The topological polar surface area (TPSA) is 71.4 Å². The second kappa shape index (κ2) is 9.41. The first-order valence-corrected chi connectivity index (χ1v) is 5.91. The lowest BCUT2D eigenvalue weighted by Gasteiger charge is -2.33. The fourth-order valence-corrected chi connectivity index (χ4v) is 1.96. The molecule has 20 heavy (non-hydrogen) atoms. The molecule has 2 rings (SSSR count). The minimum Gasteiger partial charge on any atom is -0.338 e. The summed E-state index contributed by atoms with van der Waals surface area (Å²) in [7, 11) is 0. The molecule has 1 aliphatic rings. The summed E-state index contributed by atoms with van der Waals surface area (Å²) in [6, 6.07) is 0. The Kier molecular flexibility index (Phi) is 9.15. The van der Waals surface area contributed by atoms with Crippen LogP contribution in [0, 0.1) is 0 Å². The van der Waals surface area contributed by atoms with Crippen molar-refractivity contribution in [1.82, 2.24) is 19.9 Å². The molecule has 1 aliphatic heterocycles. The molecular weight excluding hydrogens is 315 g/mol. The van der Waals surface area contributed by atoms with Crippen LogP contribution < -0.4 is 5.73 Å². The van der Waals surface area contributed by atoms with Crippen molar-refractivity contribution in [1.29, 1.82) is 0 Å². The van der Waals surface area contributed by atoms with Gasteiger partial charge in [0.1, 0.15) is 0 Å². The maximum atomic E-state index is 12.2. The Labute approximate surface area is 128 Å². The molecule has 0 unspecified atom stereocenters. The lowest BCUT2D eigenvalue weighted by atomic mass is 10.3. The van der Waals surface area contributed by atoms with Crippen molar-refractivity contribution in [3.05, 3.63) is 11.7 Å². The highest BCUT2D eigenvalue weighted by molar-refractivity contribution is 5.85. The summed E-state index contributed by atoms with van der Waals surface area (Å²) in [5.41, 5.74) is 5.37. The van der Waals surface area contributed by atoms with Crippen molar-refractivity contribution in [3.8, 4) is 0 Å². The fourth-order valence-electron chi connectivity index (χ4n) is 1.96. The molecule has 0 aliphatic carbocycles. The number of nitrogens with zero attached hydrogens (tertiary/aromatic N) is 4. The van der Waals surface area contributed by atoms with Crippen molar-refractivity contribution < 1.29 is 13.3 Å². The highest BCUT2D eigenvalue weighted by Gasteiger charge is 2.20. The molecule has 0 amide bonds. The number of rotatable bonds is 5. The molecule has 1 saturated heterocycles. The number of piperazine rings is 1. The summed E-state index contributed by atoms with van der Waals surface area (Å²) in [4.78, 5) is 8.00. The first kappa shape index (κ1) is 19.5. The number of hydrogen-bond acceptors (Lipinski definition) is 6. The molecule has 0 saturated carbocycles. The number of halogens is 4. The van der Waals surface area contributed by atoms with Crippen LogP contribution in [0.1, 0.15) is 11.7 Å². The van der Waals surface area contributed by atoms with Gasteiger partial charge in [-0.2, -0.15) is 4.98 Å². The Hall–Kier alpha value is -0.540. The molecule has 0 radical (unpaired) electrons. The second-order valence-electron chi connectivity index (χ2n) is 4.28. The lowest BCUT2D eigenvalue weighted by molar-refractivity contribution is 0.0535. The summed E-state index contributed by atoms with van der Waals surface area (Å²) in [6.07, 6.45) is -2.26. The van der Waals surface area contributed by atoms with Gasteiger partial charge in [0, 0.05) is 26.2 Å². The van der Waals surface area contributed by atoms with E-state index in [0.717, 1.165) is 13.1 Å². The molecule has 6 nitrogen and oxygen atoms in total. The molecule has 0 spiro atoms. The minimum atomic E-state index is -2.26. The molecule has 0 bridgehead atoms. The Morgan fingerprint density at radius 3 is 2.25 bits per heavy atom. The van der Waals surface area contributed by atoms with Crippen molar-refractivity contribution in [2.45, 2.75) is 19.5 Å². The Bertz CT molecular complexity index is 374. The Morgan fingerprint density at radius 2 is 1.75 bits per heavy atom. The molecule has 118 valence electrons. The van der Waals surface area contributed by atoms with E-state index in [1.54, 1.807) is 4.90 Å². The van der Waals surface area contributed by atoms with Crippen molar-refractivity contribution in [2.75, 3.05) is 32.7 Å². The van der Waals surface area contributed by atoms with Crippen LogP contribution in [0.25, 0.3) is 0 Å². The zero-order chi connectivity index (χ0) is 13.0. The Balaban J connectivity index is 0.00000180. The van der Waals surface area contributed by atoms with Crippen LogP contribution >= 0.6 is 24.8 Å². The average molecular weight is 334 g/mol. The normalized spacial score (nSPS) is 16.8. The van der Waals surface area contributed by atoms with Crippen LogP contribution in [0.5, 0.6) is 0 Å². The quantitative estimate of drug-likeness (QED) is 0.857. The highest BCUT2D eigenvalue weighted by atomic mass is 35.5. The van der Waals surface area contributed by atoms with Gasteiger partial charge in [0.15, 0.2) is 5.82 Å². The van der Waals surface area contributed by atoms with Crippen LogP contribution in [-0.2, 0) is 13.1 Å². The molecule has 10 heteroatoms. The van der Waals surface area contributed by atoms with Gasteiger partial charge in [0.05, 0.1) is 19.6 Å². The van der Waals surface area contributed by atoms with Gasteiger partial charge < -0.3 is 10.3 Å². The van der Waals surface area contributed by atoms with E-state index < -0.39 is 6.43 Å². The van der Waals surface area contributed by atoms with Crippen molar-refractivity contribution >= 4 is 24.8 Å². The summed E-state index contributed by atoms with van der Waals surface area (Å²) < 4.78 is 29.3. The molecule has 0 atom stereocenters. The SMILES string of the molecule is Cl.Cl.NCc1nc(CN2CCN(CC(F)F)CC2)no1. The number of aromatic nitrogens is 2. The predicted octanol–water partition coefficient (Wildman–Crippen LogP) is 0.755. The minimum absolute atomic E-state index is 0. The second-order valence-corrected chi connectivity index (χ2v) is 4.28. The van der Waals surface area contributed by atoms with Crippen LogP contribution in [0.4, 0.5) is 8.78 Å². The zero-order valence-corrected chi connectivity index (χ0v) is 12.5. The van der Waals surface area contributed by atoms with Gasteiger partial charge in [-0.1, -0.05) is 5.16 Å². The molecular formula is C10H19Cl2F2N5O. The monoisotopic (exact) mass is 333 g/mol. The third-order valence-electron chi connectivity index (χ3n) is 2.91. The molecule has 0 aromatic carbocycles. The van der Waals surface area contributed by atoms with Gasteiger partial charge in [-0.15, -0.1) is 24.8 Å². The first-order chi connectivity index (χ1) is 8.67. The summed E-state index contributed by atoms with van der Waals surface area (Å²) in [6.45, 7) is 3.42. The van der Waals surface area contributed by atoms with E-state index in [1.807, 2.05) is 0 Å². The highest BCUT2D eigenvalue weighted by Crippen LogP contribution is 2.08. The molecule has 1 aromatic heterocycles. The molecule has 1 aromatic rings. The van der Waals surface area contributed by atoms with Gasteiger partial charge in [0.25, 0.3) is 6.43 Å². The van der Waals surface area contributed by atoms with E-state index in [9.17, 15) is 8.78 Å². The molecule has 2 N–H and O–H groups in total. The van der Waals surface area contributed by atoms with Crippen LogP contribution in [0.3, 0.4) is 0 Å². The number of nitrogens with two attached hydrogens (primary N) is 1. The van der Waals surface area contributed by atoms with E-state index in [-0.39, 0.29) is 37.9 Å². The van der Waals surface area contributed by atoms with Crippen molar-refractivity contribution in [2.24, 2.45) is 5.73 Å². The maximum absolute atomic E-state index is 12.2. The van der Waals surface area contributed by atoms with Crippen molar-refractivity contribution in [3.63, 3.8) is 0 Å². The third kappa shape index (κ3) is 5.84. The van der Waals surface area contributed by atoms with Crippen LogP contribution in [0.2, 0.25) is 0 Å². The summed E-state index contributed by atoms with van der Waals surface area (Å²) in [5.74, 6) is 1.01. The largest absolute Gasteiger partial charge is 0.338 e. The lowest BCUT2D eigenvalue weighted by Crippen LogP contribution is -2.47. The van der Waals surface area contributed by atoms with Crippen LogP contribution in [-0.4, -0.2) is 59.1 Å². The maximum Gasteiger partial charge on any atom is 0.251 e. The van der Waals surface area contributed by atoms with E-state index in [4.69, 9.17) is 10.3 Å². The molecule has 2 heterocycles. The first-order valence-electron chi connectivity index (χ1n) is 5.91. The average Bonchev–Trinajstić information content (AvgIpc) is 2.79. The number of alkyl halides is 2. The van der Waals surface area contributed by atoms with E-state index in [2.05, 4.69) is 15.0 Å².